The van der Waals surface area contributed by atoms with Crippen LogP contribution >= 0.6 is 11.8 Å². The zero-order chi connectivity index (χ0) is 15.5. The summed E-state index contributed by atoms with van der Waals surface area (Å²) in [5.41, 5.74) is 0.343. The molecule has 0 unspecified atom stereocenters. The molecule has 1 saturated heterocycles. The summed E-state index contributed by atoms with van der Waals surface area (Å²) >= 11 is 1.28. The van der Waals surface area contributed by atoms with Gasteiger partial charge in [0.15, 0.2) is 5.82 Å². The third-order valence-corrected chi connectivity index (χ3v) is 3.90. The number of carbonyl (C=O) groups is 2. The van der Waals surface area contributed by atoms with Crippen molar-refractivity contribution in [2.45, 2.75) is 5.16 Å². The van der Waals surface area contributed by atoms with E-state index in [2.05, 4.69) is 20.5 Å². The van der Waals surface area contributed by atoms with E-state index < -0.39 is 0 Å². The van der Waals surface area contributed by atoms with Crippen LogP contribution in [0.3, 0.4) is 0 Å². The Morgan fingerprint density at radius 1 is 1.32 bits per heavy atom. The maximum atomic E-state index is 13.6. The second-order valence-electron chi connectivity index (χ2n) is 4.50. The molecule has 2 aromatic rings. The average Bonchev–Trinajstić information content (AvgIpc) is 3.09. The van der Waals surface area contributed by atoms with Crippen LogP contribution in [0.25, 0.3) is 11.4 Å². The molecule has 3 amide bonds. The van der Waals surface area contributed by atoms with Crippen molar-refractivity contribution in [2.24, 2.45) is 0 Å². The number of urea groups is 1. The predicted octanol–water partition coefficient (Wildman–Crippen LogP) is 1.25. The van der Waals surface area contributed by atoms with Crippen molar-refractivity contribution in [2.75, 3.05) is 18.8 Å². The quantitative estimate of drug-likeness (QED) is 0.639. The number of hydrogen-bond donors (Lipinski definition) is 2. The third-order valence-electron chi connectivity index (χ3n) is 3.08. The fourth-order valence-electron chi connectivity index (χ4n) is 1.99. The van der Waals surface area contributed by atoms with Crippen LogP contribution in [-0.2, 0) is 4.79 Å². The van der Waals surface area contributed by atoms with Crippen LogP contribution in [-0.4, -0.2) is 50.9 Å². The van der Waals surface area contributed by atoms with E-state index in [1.165, 1.54) is 17.8 Å². The Morgan fingerprint density at radius 3 is 2.86 bits per heavy atom. The highest BCUT2D eigenvalue weighted by Gasteiger charge is 2.27. The number of H-pyrrole nitrogens is 1. The van der Waals surface area contributed by atoms with Gasteiger partial charge < -0.3 is 5.32 Å². The SMILES string of the molecule is O=C1CNC(=O)N1CCSc1n[nH]c(-c2ccccc2F)n1. The van der Waals surface area contributed by atoms with Crippen LogP contribution in [0.1, 0.15) is 0 Å². The van der Waals surface area contributed by atoms with Gasteiger partial charge in [-0.15, -0.1) is 5.10 Å². The lowest BCUT2D eigenvalue weighted by Gasteiger charge is -2.10. The van der Waals surface area contributed by atoms with Gasteiger partial charge in [0.25, 0.3) is 0 Å². The standard InChI is InChI=1S/C13H12FN5O2S/c14-9-4-2-1-3-8(9)11-16-12(18-17-11)22-6-5-19-10(20)7-15-13(19)21/h1-4H,5-7H2,(H,15,21)(H,16,17,18). The van der Waals surface area contributed by atoms with Crippen LogP contribution < -0.4 is 5.32 Å². The summed E-state index contributed by atoms with van der Waals surface area (Å²) in [4.78, 5) is 28.1. The van der Waals surface area contributed by atoms with Crippen LogP contribution in [0.4, 0.5) is 9.18 Å². The van der Waals surface area contributed by atoms with Gasteiger partial charge in [0.05, 0.1) is 12.1 Å². The number of nitrogens with one attached hydrogen (secondary N) is 2. The molecule has 2 heterocycles. The Bertz CT molecular complexity index is 704. The van der Waals surface area contributed by atoms with Gasteiger partial charge in [0, 0.05) is 12.3 Å². The average molecular weight is 321 g/mol. The molecule has 9 heteroatoms. The molecule has 114 valence electrons. The fourth-order valence-corrected chi connectivity index (χ4v) is 2.72. The van der Waals surface area contributed by atoms with E-state index in [0.717, 1.165) is 4.90 Å². The molecule has 0 radical (unpaired) electrons. The van der Waals surface area contributed by atoms with Gasteiger partial charge in [-0.3, -0.25) is 14.8 Å². The van der Waals surface area contributed by atoms with E-state index in [1.54, 1.807) is 18.2 Å². The van der Waals surface area contributed by atoms with E-state index in [-0.39, 0.29) is 30.8 Å². The number of hydrogen-bond acceptors (Lipinski definition) is 5. The zero-order valence-corrected chi connectivity index (χ0v) is 12.2. The van der Waals surface area contributed by atoms with Crippen molar-refractivity contribution in [1.82, 2.24) is 25.4 Å². The molecule has 1 aliphatic heterocycles. The lowest BCUT2D eigenvalue weighted by molar-refractivity contribution is -0.124. The summed E-state index contributed by atoms with van der Waals surface area (Å²) in [6.07, 6.45) is 0. The molecule has 0 atom stereocenters. The number of amides is 3. The number of aromatic nitrogens is 3. The summed E-state index contributed by atoms with van der Waals surface area (Å²) in [7, 11) is 0. The molecule has 1 aromatic carbocycles. The Balaban J connectivity index is 1.60. The molecule has 0 spiro atoms. The molecule has 2 N–H and O–H groups in total. The van der Waals surface area contributed by atoms with Crippen molar-refractivity contribution in [3.05, 3.63) is 30.1 Å². The predicted molar refractivity (Wildman–Crippen MR) is 77.6 cm³/mol. The molecule has 1 aliphatic rings. The Hall–Kier alpha value is -2.42. The molecule has 3 rings (SSSR count). The van der Waals surface area contributed by atoms with E-state index in [0.29, 0.717) is 22.3 Å². The smallest absolute Gasteiger partial charge is 0.324 e. The molecule has 0 saturated carbocycles. The lowest BCUT2D eigenvalue weighted by Crippen LogP contribution is -2.32. The van der Waals surface area contributed by atoms with Crippen molar-refractivity contribution in [3.8, 4) is 11.4 Å². The Morgan fingerprint density at radius 2 is 2.14 bits per heavy atom. The Kier molecular flexibility index (Phi) is 4.05. The van der Waals surface area contributed by atoms with E-state index >= 15 is 0 Å². The minimum absolute atomic E-state index is 0.0432. The largest absolute Gasteiger partial charge is 0.329 e. The highest BCUT2D eigenvalue weighted by molar-refractivity contribution is 7.99. The third kappa shape index (κ3) is 2.93. The van der Waals surface area contributed by atoms with Crippen molar-refractivity contribution >= 4 is 23.7 Å². The van der Waals surface area contributed by atoms with Gasteiger partial charge in [-0.25, -0.2) is 14.2 Å². The molecule has 1 aromatic heterocycles. The fraction of sp³-hybridized carbons (Fsp3) is 0.231. The summed E-state index contributed by atoms with van der Waals surface area (Å²) in [6, 6.07) is 5.89. The Labute approximate surface area is 129 Å². The topological polar surface area (TPSA) is 91.0 Å². The second kappa shape index (κ2) is 6.14. The van der Waals surface area contributed by atoms with Gasteiger partial charge in [-0.2, -0.15) is 0 Å². The molecular formula is C13H12FN5O2S. The number of halogens is 1. The van der Waals surface area contributed by atoms with E-state index in [9.17, 15) is 14.0 Å². The minimum Gasteiger partial charge on any atom is -0.329 e. The molecule has 0 bridgehead atoms. The lowest BCUT2D eigenvalue weighted by atomic mass is 10.2. The van der Waals surface area contributed by atoms with Crippen LogP contribution in [0.15, 0.2) is 29.4 Å². The van der Waals surface area contributed by atoms with Crippen molar-refractivity contribution < 1.29 is 14.0 Å². The van der Waals surface area contributed by atoms with Gasteiger partial charge in [0.2, 0.25) is 11.1 Å². The van der Waals surface area contributed by atoms with E-state index in [1.807, 2.05) is 0 Å². The summed E-state index contributed by atoms with van der Waals surface area (Å²) in [5, 5.41) is 9.55. The highest BCUT2D eigenvalue weighted by Crippen LogP contribution is 2.21. The maximum Gasteiger partial charge on any atom is 0.324 e. The first kappa shape index (κ1) is 14.5. The summed E-state index contributed by atoms with van der Waals surface area (Å²) < 4.78 is 13.6. The molecular weight excluding hydrogens is 309 g/mol. The number of rotatable bonds is 5. The van der Waals surface area contributed by atoms with Gasteiger partial charge in [-0.1, -0.05) is 23.9 Å². The number of imide groups is 1. The zero-order valence-electron chi connectivity index (χ0n) is 11.4. The highest BCUT2D eigenvalue weighted by atomic mass is 32.2. The molecule has 0 aliphatic carbocycles. The van der Waals surface area contributed by atoms with E-state index in [4.69, 9.17) is 0 Å². The minimum atomic E-state index is -0.382. The van der Waals surface area contributed by atoms with Crippen molar-refractivity contribution in [3.63, 3.8) is 0 Å². The normalized spacial score (nSPS) is 14.5. The number of benzene rings is 1. The molecule has 22 heavy (non-hydrogen) atoms. The number of aromatic amines is 1. The monoisotopic (exact) mass is 321 g/mol. The van der Waals surface area contributed by atoms with Gasteiger partial charge >= 0.3 is 6.03 Å². The van der Waals surface area contributed by atoms with Gasteiger partial charge in [0.1, 0.15) is 5.82 Å². The first-order valence-corrected chi connectivity index (χ1v) is 7.52. The van der Waals surface area contributed by atoms with Crippen molar-refractivity contribution in [1.29, 1.82) is 0 Å². The molecule has 7 nitrogen and oxygen atoms in total. The summed E-state index contributed by atoms with van der Waals surface area (Å²) in [5.74, 6) is 0.186. The van der Waals surface area contributed by atoms with Crippen LogP contribution in [0.5, 0.6) is 0 Å². The van der Waals surface area contributed by atoms with Gasteiger partial charge in [-0.05, 0) is 12.1 Å². The number of carbonyl (C=O) groups excluding carboxylic acids is 2. The van der Waals surface area contributed by atoms with Crippen LogP contribution in [0, 0.1) is 5.82 Å². The second-order valence-corrected chi connectivity index (χ2v) is 5.56. The first-order chi connectivity index (χ1) is 10.6. The first-order valence-electron chi connectivity index (χ1n) is 6.53. The molecule has 1 fully saturated rings. The maximum absolute atomic E-state index is 13.6. The van der Waals surface area contributed by atoms with Crippen LogP contribution in [0.2, 0.25) is 0 Å². The summed E-state index contributed by atoms with van der Waals surface area (Å²) in [6.45, 7) is 0.320. The number of thioether (sulfide) groups is 1. The number of nitrogens with zero attached hydrogens (tertiary/aromatic N) is 3.